The maximum absolute atomic E-state index is 12.2. The Kier molecular flexibility index (Phi) is 2.81. The minimum absolute atomic E-state index is 0.00759. The van der Waals surface area contributed by atoms with E-state index in [9.17, 15) is 9.59 Å². The van der Waals surface area contributed by atoms with Gasteiger partial charge in [0.05, 0.1) is 19.6 Å². The fourth-order valence-corrected chi connectivity index (χ4v) is 3.39. The third-order valence-corrected chi connectivity index (χ3v) is 4.41. The lowest BCUT2D eigenvalue weighted by atomic mass is 9.85. The highest BCUT2D eigenvalue weighted by molar-refractivity contribution is 5.94. The number of nitrogens with zero attached hydrogens (tertiary/aromatic N) is 1. The van der Waals surface area contributed by atoms with Crippen LogP contribution >= 0.6 is 0 Å². The molecule has 2 heterocycles. The number of carbonyl (C=O) groups is 2. The first-order chi connectivity index (χ1) is 8.67. The highest BCUT2D eigenvalue weighted by Gasteiger charge is 2.59. The maximum Gasteiger partial charge on any atom is 0.328 e. The number of rotatable bonds is 3. The van der Waals surface area contributed by atoms with Gasteiger partial charge in [0.2, 0.25) is 5.91 Å². The van der Waals surface area contributed by atoms with Gasteiger partial charge in [-0.05, 0) is 32.1 Å². The van der Waals surface area contributed by atoms with Crippen molar-refractivity contribution in [1.29, 1.82) is 0 Å². The lowest BCUT2D eigenvalue weighted by Crippen LogP contribution is -2.62. The fraction of sp³-hybridized carbons (Fsp3) is 0.846. The molecule has 0 aromatic heterocycles. The fourth-order valence-electron chi connectivity index (χ4n) is 3.39. The molecule has 5 heteroatoms. The molecule has 3 rings (SSSR count). The molecular formula is C13H20N2O3. The Labute approximate surface area is 107 Å². The molecule has 3 aliphatic rings. The van der Waals surface area contributed by atoms with Crippen LogP contribution in [0.15, 0.2) is 0 Å². The van der Waals surface area contributed by atoms with Crippen LogP contribution in [0.25, 0.3) is 0 Å². The summed E-state index contributed by atoms with van der Waals surface area (Å²) in [6.07, 6.45) is 5.49. The molecule has 18 heavy (non-hydrogen) atoms. The Balaban J connectivity index is 1.91. The number of amides is 1. The van der Waals surface area contributed by atoms with Gasteiger partial charge in [0, 0.05) is 12.6 Å². The Bertz CT molecular complexity index is 380. The van der Waals surface area contributed by atoms with Crippen LogP contribution in [-0.2, 0) is 14.3 Å². The molecular weight excluding hydrogens is 232 g/mol. The zero-order valence-electron chi connectivity index (χ0n) is 10.8. The predicted molar refractivity (Wildman–Crippen MR) is 64.9 cm³/mol. The van der Waals surface area contributed by atoms with Gasteiger partial charge in [-0.3, -0.25) is 10.1 Å². The molecule has 3 fully saturated rings. The summed E-state index contributed by atoms with van der Waals surface area (Å²) in [6, 6.07) is 0.380. The largest absolute Gasteiger partial charge is 0.468 e. The monoisotopic (exact) mass is 252 g/mol. The first-order valence-corrected chi connectivity index (χ1v) is 6.83. The lowest BCUT2D eigenvalue weighted by Gasteiger charge is -2.39. The summed E-state index contributed by atoms with van der Waals surface area (Å²) in [5, 5.41) is 3.41. The van der Waals surface area contributed by atoms with Crippen molar-refractivity contribution in [2.45, 2.75) is 56.1 Å². The number of hydrogen-bond donors (Lipinski definition) is 1. The smallest absolute Gasteiger partial charge is 0.328 e. The molecule has 0 bridgehead atoms. The lowest BCUT2D eigenvalue weighted by molar-refractivity contribution is -0.150. The molecule has 2 saturated heterocycles. The number of esters is 1. The molecule has 1 saturated carbocycles. The minimum atomic E-state index is -0.784. The van der Waals surface area contributed by atoms with Crippen LogP contribution in [0.2, 0.25) is 0 Å². The van der Waals surface area contributed by atoms with Crippen molar-refractivity contribution in [3.63, 3.8) is 0 Å². The topological polar surface area (TPSA) is 58.6 Å². The van der Waals surface area contributed by atoms with Gasteiger partial charge >= 0.3 is 5.97 Å². The van der Waals surface area contributed by atoms with Crippen LogP contribution in [0.3, 0.4) is 0 Å². The molecule has 1 N–H and O–H groups in total. The second-order valence-corrected chi connectivity index (χ2v) is 5.66. The molecule has 0 aromatic carbocycles. The van der Waals surface area contributed by atoms with Crippen molar-refractivity contribution in [2.75, 3.05) is 13.7 Å². The van der Waals surface area contributed by atoms with Crippen LogP contribution < -0.4 is 5.32 Å². The molecule has 0 spiro atoms. The van der Waals surface area contributed by atoms with E-state index in [-0.39, 0.29) is 24.3 Å². The quantitative estimate of drug-likeness (QED) is 0.740. The van der Waals surface area contributed by atoms with Gasteiger partial charge in [0.15, 0.2) is 0 Å². The molecule has 2 aliphatic heterocycles. The third kappa shape index (κ3) is 1.72. The van der Waals surface area contributed by atoms with Crippen molar-refractivity contribution in [3.05, 3.63) is 0 Å². The molecule has 100 valence electrons. The maximum atomic E-state index is 12.2. The Hall–Kier alpha value is -1.10. The average Bonchev–Trinajstić information content (AvgIpc) is 3.15. The first-order valence-electron chi connectivity index (χ1n) is 6.83. The van der Waals surface area contributed by atoms with Crippen molar-refractivity contribution in [3.8, 4) is 0 Å². The second kappa shape index (κ2) is 4.23. The average molecular weight is 252 g/mol. The van der Waals surface area contributed by atoms with Crippen LogP contribution in [0, 0.1) is 0 Å². The third-order valence-electron chi connectivity index (χ3n) is 4.41. The number of piperidine rings is 1. The Morgan fingerprint density at radius 2 is 2.17 bits per heavy atom. The van der Waals surface area contributed by atoms with Crippen LogP contribution in [0.1, 0.15) is 38.5 Å². The zero-order valence-corrected chi connectivity index (χ0v) is 10.8. The highest BCUT2D eigenvalue weighted by Crippen LogP contribution is 2.39. The van der Waals surface area contributed by atoms with Gasteiger partial charge in [-0.1, -0.05) is 0 Å². The first kappa shape index (κ1) is 12.0. The van der Waals surface area contributed by atoms with Gasteiger partial charge in [-0.15, -0.1) is 0 Å². The van der Waals surface area contributed by atoms with E-state index in [2.05, 4.69) is 5.32 Å². The number of methoxy groups -OCH3 is 1. The van der Waals surface area contributed by atoms with E-state index in [0.717, 1.165) is 38.6 Å². The van der Waals surface area contributed by atoms with E-state index in [1.165, 1.54) is 7.11 Å². The van der Waals surface area contributed by atoms with Gasteiger partial charge in [0.25, 0.3) is 0 Å². The molecule has 2 unspecified atom stereocenters. The summed E-state index contributed by atoms with van der Waals surface area (Å²) in [7, 11) is 1.41. The second-order valence-electron chi connectivity index (χ2n) is 5.66. The summed E-state index contributed by atoms with van der Waals surface area (Å²) in [5.74, 6) is -0.171. The van der Waals surface area contributed by atoms with Gasteiger partial charge in [-0.25, -0.2) is 4.79 Å². The zero-order chi connectivity index (χ0) is 12.8. The summed E-state index contributed by atoms with van der Waals surface area (Å²) >= 11 is 0. The molecule has 0 radical (unpaired) electrons. The highest BCUT2D eigenvalue weighted by atomic mass is 16.5. The van der Waals surface area contributed by atoms with Crippen LogP contribution in [0.5, 0.6) is 0 Å². The number of nitrogens with one attached hydrogen (secondary N) is 1. The van der Waals surface area contributed by atoms with Crippen LogP contribution in [-0.4, -0.2) is 48.1 Å². The summed E-state index contributed by atoms with van der Waals surface area (Å²) < 4.78 is 4.98. The Morgan fingerprint density at radius 1 is 1.39 bits per heavy atom. The normalized spacial score (nSPS) is 35.5. The van der Waals surface area contributed by atoms with E-state index < -0.39 is 5.54 Å². The number of hydrogen-bond acceptors (Lipinski definition) is 4. The number of carbonyl (C=O) groups excluding carboxylic acids is 2. The minimum Gasteiger partial charge on any atom is -0.468 e. The SMILES string of the molecule is COC(=O)C1(NC2CC2)CC(=O)N2CCCCC21. The van der Waals surface area contributed by atoms with E-state index >= 15 is 0 Å². The summed E-state index contributed by atoms with van der Waals surface area (Å²) in [4.78, 5) is 26.2. The van der Waals surface area contributed by atoms with E-state index in [1.807, 2.05) is 4.90 Å². The van der Waals surface area contributed by atoms with Gasteiger partial charge < -0.3 is 9.64 Å². The van der Waals surface area contributed by atoms with Crippen molar-refractivity contribution >= 4 is 11.9 Å². The van der Waals surface area contributed by atoms with E-state index in [4.69, 9.17) is 4.74 Å². The van der Waals surface area contributed by atoms with E-state index in [0.29, 0.717) is 6.04 Å². The summed E-state index contributed by atoms with van der Waals surface area (Å²) in [5.41, 5.74) is -0.784. The molecule has 1 amide bonds. The van der Waals surface area contributed by atoms with Crippen molar-refractivity contribution < 1.29 is 14.3 Å². The number of ether oxygens (including phenoxy) is 1. The molecule has 2 atom stereocenters. The predicted octanol–water partition coefficient (Wildman–Crippen LogP) is 0.435. The Morgan fingerprint density at radius 3 is 2.83 bits per heavy atom. The van der Waals surface area contributed by atoms with E-state index in [1.54, 1.807) is 0 Å². The van der Waals surface area contributed by atoms with Crippen molar-refractivity contribution in [2.24, 2.45) is 0 Å². The van der Waals surface area contributed by atoms with Crippen LogP contribution in [0.4, 0.5) is 0 Å². The van der Waals surface area contributed by atoms with Crippen molar-refractivity contribution in [1.82, 2.24) is 10.2 Å². The van der Waals surface area contributed by atoms with Gasteiger partial charge in [-0.2, -0.15) is 0 Å². The van der Waals surface area contributed by atoms with Gasteiger partial charge in [0.1, 0.15) is 5.54 Å². The molecule has 0 aromatic rings. The standard InChI is InChI=1S/C13H20N2O3/c1-18-12(17)13(14-9-5-6-9)8-11(16)15-7-3-2-4-10(13)15/h9-10,14H,2-8H2,1H3. The molecule has 1 aliphatic carbocycles. The number of fused-ring (bicyclic) bond motifs is 1. The molecule has 5 nitrogen and oxygen atoms in total. The summed E-state index contributed by atoms with van der Waals surface area (Å²) in [6.45, 7) is 0.786.